The van der Waals surface area contributed by atoms with Gasteiger partial charge in [-0.15, -0.1) is 0 Å². The third-order valence-corrected chi connectivity index (χ3v) is 2.20. The Balaban J connectivity index is 2.69. The van der Waals surface area contributed by atoms with Gasteiger partial charge in [0.2, 0.25) is 0 Å². The molecule has 0 saturated heterocycles. The number of nitro benzene ring substituents is 1. The number of fused-ring (bicyclic) bond motifs is 1. The Kier molecular flexibility index (Phi) is 2.45. The Morgan fingerprint density at radius 1 is 1.18 bits per heavy atom. The lowest BCUT2D eigenvalue weighted by molar-refractivity contribution is -0.383. The molecular weight excluding hydrogens is 237 g/mol. The first kappa shape index (κ1) is 11.3. The summed E-state index contributed by atoms with van der Waals surface area (Å²) < 4.78 is 37.1. The fourth-order valence-electron chi connectivity index (χ4n) is 1.46. The minimum absolute atomic E-state index is 0.0472. The maximum absolute atomic E-state index is 12.4. The van der Waals surface area contributed by atoms with Crippen LogP contribution in [0.15, 0.2) is 30.3 Å². The Morgan fingerprint density at radius 3 is 2.47 bits per heavy atom. The predicted molar refractivity (Wildman–Crippen MR) is 53.4 cm³/mol. The minimum atomic E-state index is -4.56. The van der Waals surface area contributed by atoms with Gasteiger partial charge in [0.1, 0.15) is 5.69 Å². The van der Waals surface area contributed by atoms with Crippen LogP contribution in [0.4, 0.5) is 18.9 Å². The first-order chi connectivity index (χ1) is 7.89. The highest BCUT2D eigenvalue weighted by Crippen LogP contribution is 2.31. The summed E-state index contributed by atoms with van der Waals surface area (Å²) in [7, 11) is 0. The van der Waals surface area contributed by atoms with Crippen LogP contribution < -0.4 is 0 Å². The molecule has 0 fully saturated rings. The molecule has 4 nitrogen and oxygen atoms in total. The van der Waals surface area contributed by atoms with E-state index in [9.17, 15) is 23.3 Å². The molecule has 0 amide bonds. The third-order valence-electron chi connectivity index (χ3n) is 2.20. The maximum atomic E-state index is 12.4. The van der Waals surface area contributed by atoms with Gasteiger partial charge in [-0.05, 0) is 18.2 Å². The van der Waals surface area contributed by atoms with Crippen LogP contribution in [0.1, 0.15) is 5.69 Å². The second-order valence-corrected chi connectivity index (χ2v) is 3.30. The molecule has 0 atom stereocenters. The molecule has 1 heterocycles. The summed E-state index contributed by atoms with van der Waals surface area (Å²) in [5.74, 6) is 0. The zero-order valence-electron chi connectivity index (χ0n) is 8.23. The van der Waals surface area contributed by atoms with Crippen LogP contribution in [0, 0.1) is 10.1 Å². The van der Waals surface area contributed by atoms with Crippen LogP contribution in [0.5, 0.6) is 0 Å². The maximum Gasteiger partial charge on any atom is 0.433 e. The van der Waals surface area contributed by atoms with Gasteiger partial charge in [0.15, 0.2) is 0 Å². The SMILES string of the molecule is O=[N+]([O-])c1cccc2nc(C(F)(F)F)ccc12. The zero-order chi connectivity index (χ0) is 12.6. The van der Waals surface area contributed by atoms with Crippen LogP contribution in [0.2, 0.25) is 0 Å². The number of aromatic nitrogens is 1. The lowest BCUT2D eigenvalue weighted by Crippen LogP contribution is -2.07. The van der Waals surface area contributed by atoms with Crippen LogP contribution >= 0.6 is 0 Å². The number of nitro groups is 1. The molecule has 0 aliphatic rings. The second-order valence-electron chi connectivity index (χ2n) is 3.30. The fourth-order valence-corrected chi connectivity index (χ4v) is 1.46. The van der Waals surface area contributed by atoms with E-state index < -0.39 is 16.8 Å². The number of halogens is 3. The van der Waals surface area contributed by atoms with Crippen molar-refractivity contribution in [3.63, 3.8) is 0 Å². The summed E-state index contributed by atoms with van der Waals surface area (Å²) >= 11 is 0. The van der Waals surface area contributed by atoms with Gasteiger partial charge in [0, 0.05) is 6.07 Å². The number of benzene rings is 1. The number of alkyl halides is 3. The Morgan fingerprint density at radius 2 is 1.88 bits per heavy atom. The van der Waals surface area contributed by atoms with Crippen molar-refractivity contribution in [3.8, 4) is 0 Å². The van der Waals surface area contributed by atoms with E-state index in [1.165, 1.54) is 18.2 Å². The molecule has 2 rings (SSSR count). The third kappa shape index (κ3) is 2.03. The Hall–Kier alpha value is -2.18. The number of non-ortho nitro benzene ring substituents is 1. The molecule has 2 aromatic rings. The number of rotatable bonds is 1. The minimum Gasteiger partial charge on any atom is -0.258 e. The number of pyridine rings is 1. The zero-order valence-corrected chi connectivity index (χ0v) is 8.23. The molecule has 0 saturated carbocycles. The van der Waals surface area contributed by atoms with Gasteiger partial charge in [-0.3, -0.25) is 10.1 Å². The summed E-state index contributed by atoms with van der Waals surface area (Å²) in [5.41, 5.74) is -1.37. The topological polar surface area (TPSA) is 56.0 Å². The van der Waals surface area contributed by atoms with E-state index in [1.807, 2.05) is 0 Å². The lowest BCUT2D eigenvalue weighted by atomic mass is 10.1. The van der Waals surface area contributed by atoms with Crippen molar-refractivity contribution in [2.45, 2.75) is 6.18 Å². The van der Waals surface area contributed by atoms with E-state index in [0.717, 1.165) is 12.1 Å². The van der Waals surface area contributed by atoms with Crippen molar-refractivity contribution < 1.29 is 18.1 Å². The van der Waals surface area contributed by atoms with E-state index in [-0.39, 0.29) is 16.6 Å². The quantitative estimate of drug-likeness (QED) is 0.570. The molecule has 0 N–H and O–H groups in total. The Labute approximate surface area is 92.8 Å². The summed E-state index contributed by atoms with van der Waals surface area (Å²) in [6.07, 6.45) is -4.56. The molecule has 1 aromatic carbocycles. The van der Waals surface area contributed by atoms with Gasteiger partial charge < -0.3 is 0 Å². The summed E-state index contributed by atoms with van der Waals surface area (Å²) in [6, 6.07) is 5.61. The molecule has 1 aromatic heterocycles. The van der Waals surface area contributed by atoms with Crippen molar-refractivity contribution >= 4 is 16.6 Å². The highest BCUT2D eigenvalue weighted by Gasteiger charge is 2.32. The molecule has 0 bridgehead atoms. The van der Waals surface area contributed by atoms with Crippen LogP contribution in [-0.2, 0) is 6.18 Å². The van der Waals surface area contributed by atoms with Crippen molar-refractivity contribution in [3.05, 3.63) is 46.1 Å². The van der Waals surface area contributed by atoms with E-state index in [2.05, 4.69) is 4.98 Å². The standard InChI is InChI=1S/C10H5F3N2O2/c11-10(12,13)9-5-4-6-7(14-9)2-1-3-8(6)15(16)17/h1-5H. The van der Waals surface area contributed by atoms with Gasteiger partial charge >= 0.3 is 6.18 Å². The average Bonchev–Trinajstić information content (AvgIpc) is 2.26. The van der Waals surface area contributed by atoms with Gasteiger partial charge in [-0.1, -0.05) is 6.07 Å². The highest BCUT2D eigenvalue weighted by molar-refractivity contribution is 5.87. The first-order valence-corrected chi connectivity index (χ1v) is 4.51. The summed E-state index contributed by atoms with van der Waals surface area (Å²) in [4.78, 5) is 13.4. The van der Waals surface area contributed by atoms with Crippen LogP contribution in [-0.4, -0.2) is 9.91 Å². The van der Waals surface area contributed by atoms with E-state index in [4.69, 9.17) is 0 Å². The van der Waals surface area contributed by atoms with Crippen LogP contribution in [0.3, 0.4) is 0 Å². The number of nitrogens with zero attached hydrogens (tertiary/aromatic N) is 2. The summed E-state index contributed by atoms with van der Waals surface area (Å²) in [6.45, 7) is 0. The predicted octanol–water partition coefficient (Wildman–Crippen LogP) is 3.16. The molecule has 88 valence electrons. The van der Waals surface area contributed by atoms with Crippen LogP contribution in [0.25, 0.3) is 10.9 Å². The summed E-state index contributed by atoms with van der Waals surface area (Å²) in [5, 5.41) is 10.7. The first-order valence-electron chi connectivity index (χ1n) is 4.51. The fraction of sp³-hybridized carbons (Fsp3) is 0.100. The highest BCUT2D eigenvalue weighted by atomic mass is 19.4. The largest absolute Gasteiger partial charge is 0.433 e. The van der Waals surface area contributed by atoms with E-state index in [1.54, 1.807) is 0 Å². The normalized spacial score (nSPS) is 11.7. The molecule has 0 unspecified atom stereocenters. The molecule has 7 heteroatoms. The van der Waals surface area contributed by atoms with Crippen molar-refractivity contribution in [1.29, 1.82) is 0 Å². The molecular formula is C10H5F3N2O2. The van der Waals surface area contributed by atoms with Crippen molar-refractivity contribution in [1.82, 2.24) is 4.98 Å². The van der Waals surface area contributed by atoms with E-state index >= 15 is 0 Å². The molecule has 0 aliphatic heterocycles. The molecule has 0 aliphatic carbocycles. The average molecular weight is 242 g/mol. The van der Waals surface area contributed by atoms with Crippen molar-refractivity contribution in [2.75, 3.05) is 0 Å². The molecule has 0 spiro atoms. The van der Waals surface area contributed by atoms with Gasteiger partial charge in [-0.25, -0.2) is 4.98 Å². The van der Waals surface area contributed by atoms with Crippen molar-refractivity contribution in [2.24, 2.45) is 0 Å². The van der Waals surface area contributed by atoms with Gasteiger partial charge in [0.25, 0.3) is 5.69 Å². The van der Waals surface area contributed by atoms with E-state index in [0.29, 0.717) is 0 Å². The smallest absolute Gasteiger partial charge is 0.258 e. The molecule has 17 heavy (non-hydrogen) atoms. The Bertz CT molecular complexity index is 596. The second kappa shape index (κ2) is 3.69. The van der Waals surface area contributed by atoms with Gasteiger partial charge in [0.05, 0.1) is 15.8 Å². The number of hydrogen-bond acceptors (Lipinski definition) is 3. The lowest BCUT2D eigenvalue weighted by Gasteiger charge is -2.06. The van der Waals surface area contributed by atoms with Gasteiger partial charge in [-0.2, -0.15) is 13.2 Å². The monoisotopic (exact) mass is 242 g/mol. The molecule has 0 radical (unpaired) electrons. The number of hydrogen-bond donors (Lipinski definition) is 0.